The first-order valence-corrected chi connectivity index (χ1v) is 4.87. The smallest absolute Gasteiger partial charge is 0.137 e. The van der Waals surface area contributed by atoms with Gasteiger partial charge in [-0.25, -0.2) is 0 Å². The van der Waals surface area contributed by atoms with Crippen molar-refractivity contribution in [2.45, 2.75) is 5.60 Å². The molecule has 0 fully saturated rings. The highest BCUT2D eigenvalue weighted by Gasteiger charge is 2.35. The van der Waals surface area contributed by atoms with Gasteiger partial charge >= 0.3 is 0 Å². The summed E-state index contributed by atoms with van der Waals surface area (Å²) in [5, 5.41) is 53.9. The molecule has 0 unspecified atom stereocenters. The van der Waals surface area contributed by atoms with Crippen molar-refractivity contribution in [3.8, 4) is 0 Å². The van der Waals surface area contributed by atoms with Gasteiger partial charge in [-0.1, -0.05) is 0 Å². The summed E-state index contributed by atoms with van der Waals surface area (Å²) in [5.41, 5.74) is -2.80. The van der Waals surface area contributed by atoms with Crippen molar-refractivity contribution in [3.63, 3.8) is 0 Å². The Morgan fingerprint density at radius 3 is 1.25 bits per heavy atom. The molecule has 0 amide bonds. The fourth-order valence-electron chi connectivity index (χ4n) is 0.880. The molecule has 0 aromatic heterocycles. The van der Waals surface area contributed by atoms with E-state index in [9.17, 15) is 0 Å². The number of hydrogen-bond acceptors (Lipinski definition) is 7. The van der Waals surface area contributed by atoms with Crippen LogP contribution in [0.4, 0.5) is 0 Å². The minimum atomic E-state index is -1.54. The topological polar surface area (TPSA) is 131 Å². The molecule has 0 aliphatic rings. The van der Waals surface area contributed by atoms with Crippen molar-refractivity contribution in [3.05, 3.63) is 0 Å². The Balaban J connectivity index is 4.48. The van der Waals surface area contributed by atoms with E-state index in [2.05, 4.69) is 0 Å². The van der Waals surface area contributed by atoms with Gasteiger partial charge in [0.05, 0.1) is 51.7 Å². The van der Waals surface area contributed by atoms with Gasteiger partial charge in [-0.2, -0.15) is 0 Å². The van der Waals surface area contributed by atoms with E-state index >= 15 is 0 Å². The van der Waals surface area contributed by atoms with Gasteiger partial charge in [0.2, 0.25) is 0 Å². The minimum absolute atomic E-state index is 0.293. The van der Waals surface area contributed by atoms with Crippen LogP contribution in [0.3, 0.4) is 0 Å². The van der Waals surface area contributed by atoms with Gasteiger partial charge in [0.25, 0.3) is 0 Å². The van der Waals surface area contributed by atoms with E-state index in [4.69, 9.17) is 35.4 Å². The molecule has 7 nitrogen and oxygen atoms in total. The summed E-state index contributed by atoms with van der Waals surface area (Å²) in [7, 11) is 0. The molecule has 0 spiro atoms. The minimum Gasteiger partial charge on any atom is -0.396 e. The van der Waals surface area contributed by atoms with Gasteiger partial charge in [-0.05, 0) is 0 Å². The number of aliphatic hydroxyl groups excluding tert-OH is 6. The van der Waals surface area contributed by atoms with Crippen LogP contribution < -0.4 is 0 Å². The molecule has 0 radical (unpaired) electrons. The van der Waals surface area contributed by atoms with Crippen LogP contribution in [0, 0.1) is 5.41 Å². The predicted molar refractivity (Wildman–Crippen MR) is 53.6 cm³/mol. The fourth-order valence-corrected chi connectivity index (χ4v) is 0.880. The lowest BCUT2D eigenvalue weighted by Crippen LogP contribution is -2.49. The summed E-state index contributed by atoms with van der Waals surface area (Å²) in [6.07, 6.45) is 0. The lowest BCUT2D eigenvalue weighted by atomic mass is 9.92. The van der Waals surface area contributed by atoms with E-state index in [0.717, 1.165) is 0 Å². The van der Waals surface area contributed by atoms with Crippen molar-refractivity contribution >= 4 is 0 Å². The molecule has 7 heteroatoms. The number of ether oxygens (including phenoxy) is 1. The maximum atomic E-state index is 9.00. The van der Waals surface area contributed by atoms with E-state index in [1.807, 2.05) is 0 Å². The first kappa shape index (κ1) is 15.7. The maximum Gasteiger partial charge on any atom is 0.137 e. The van der Waals surface area contributed by atoms with Gasteiger partial charge < -0.3 is 35.4 Å². The predicted octanol–water partition coefficient (Wildman–Crippen LogP) is -3.32. The van der Waals surface area contributed by atoms with Crippen LogP contribution in [0.5, 0.6) is 0 Å². The van der Waals surface area contributed by atoms with E-state index < -0.39 is 50.7 Å². The summed E-state index contributed by atoms with van der Waals surface area (Å²) >= 11 is 0. The van der Waals surface area contributed by atoms with Crippen molar-refractivity contribution in [2.75, 3.05) is 46.2 Å². The first-order valence-electron chi connectivity index (χ1n) is 4.87. The fraction of sp³-hybridized carbons (Fsp3) is 1.00. The van der Waals surface area contributed by atoms with Crippen molar-refractivity contribution in [1.29, 1.82) is 0 Å². The molecule has 98 valence electrons. The first-order chi connectivity index (χ1) is 7.57. The molecule has 0 bridgehead atoms. The normalized spacial score (nSPS) is 13.1. The van der Waals surface area contributed by atoms with E-state index in [1.54, 1.807) is 0 Å². The molecule has 0 rings (SSSR count). The van der Waals surface area contributed by atoms with Crippen LogP contribution in [-0.4, -0.2) is 82.5 Å². The largest absolute Gasteiger partial charge is 0.396 e. The monoisotopic (exact) mass is 240 g/mol. The Morgan fingerprint density at radius 2 is 1.00 bits per heavy atom. The molecule has 0 aromatic carbocycles. The molecule has 0 saturated carbocycles. The third-order valence-electron chi connectivity index (χ3n) is 2.56. The van der Waals surface area contributed by atoms with Crippen molar-refractivity contribution < 1.29 is 35.4 Å². The van der Waals surface area contributed by atoms with Crippen LogP contribution in [0.2, 0.25) is 0 Å². The van der Waals surface area contributed by atoms with Crippen molar-refractivity contribution in [1.82, 2.24) is 0 Å². The zero-order valence-electron chi connectivity index (χ0n) is 9.04. The average molecular weight is 240 g/mol. The summed E-state index contributed by atoms with van der Waals surface area (Å²) in [6, 6.07) is 0. The SMILES string of the molecule is OCC(CO)(CO)COC(CO)(CO)CO. The third kappa shape index (κ3) is 3.63. The maximum absolute atomic E-state index is 9.00. The Bertz CT molecular complexity index is 140. The second kappa shape index (κ2) is 7.13. The zero-order valence-corrected chi connectivity index (χ0v) is 9.04. The summed E-state index contributed by atoms with van der Waals surface area (Å²) in [5.74, 6) is 0. The standard InChI is InChI=1S/C9H20O7/c10-1-8(2-11,3-12)7-16-9(4-13,5-14)6-15/h10-15H,1-7H2. The summed E-state index contributed by atoms with van der Waals surface area (Å²) in [6.45, 7) is -3.68. The number of rotatable bonds is 9. The highest BCUT2D eigenvalue weighted by atomic mass is 16.5. The molecule has 0 saturated heterocycles. The summed E-state index contributed by atoms with van der Waals surface area (Å²) < 4.78 is 5.09. The van der Waals surface area contributed by atoms with E-state index in [1.165, 1.54) is 0 Å². The van der Waals surface area contributed by atoms with Gasteiger partial charge in [-0.3, -0.25) is 0 Å². The van der Waals surface area contributed by atoms with Crippen LogP contribution >= 0.6 is 0 Å². The molecule has 0 aliphatic heterocycles. The van der Waals surface area contributed by atoms with Crippen LogP contribution in [0.15, 0.2) is 0 Å². The van der Waals surface area contributed by atoms with Crippen molar-refractivity contribution in [2.24, 2.45) is 5.41 Å². The number of hydrogen-bond donors (Lipinski definition) is 6. The Labute approximate surface area is 93.5 Å². The molecule has 16 heavy (non-hydrogen) atoms. The molecule has 0 heterocycles. The van der Waals surface area contributed by atoms with Crippen LogP contribution in [0.1, 0.15) is 0 Å². The average Bonchev–Trinajstić information content (AvgIpc) is 2.37. The van der Waals surface area contributed by atoms with Crippen LogP contribution in [-0.2, 0) is 4.74 Å². The van der Waals surface area contributed by atoms with Gasteiger partial charge in [0.15, 0.2) is 0 Å². The highest BCUT2D eigenvalue weighted by Crippen LogP contribution is 2.19. The van der Waals surface area contributed by atoms with Gasteiger partial charge in [0.1, 0.15) is 5.60 Å². The highest BCUT2D eigenvalue weighted by molar-refractivity contribution is 4.83. The Kier molecular flexibility index (Phi) is 7.00. The quantitative estimate of drug-likeness (QED) is 0.249. The lowest BCUT2D eigenvalue weighted by Gasteiger charge is -2.34. The Morgan fingerprint density at radius 1 is 0.625 bits per heavy atom. The number of aliphatic hydroxyl groups is 6. The second-order valence-electron chi connectivity index (χ2n) is 3.92. The molecular weight excluding hydrogens is 220 g/mol. The van der Waals surface area contributed by atoms with Gasteiger partial charge in [0, 0.05) is 0 Å². The van der Waals surface area contributed by atoms with Crippen LogP contribution in [0.25, 0.3) is 0 Å². The second-order valence-corrected chi connectivity index (χ2v) is 3.92. The zero-order chi connectivity index (χ0) is 12.7. The molecule has 0 aliphatic carbocycles. The molecule has 0 aromatic rings. The van der Waals surface area contributed by atoms with E-state index in [0.29, 0.717) is 0 Å². The molecular formula is C9H20O7. The third-order valence-corrected chi connectivity index (χ3v) is 2.56. The van der Waals surface area contributed by atoms with E-state index in [-0.39, 0.29) is 6.61 Å². The Hall–Kier alpha value is -0.280. The van der Waals surface area contributed by atoms with Gasteiger partial charge in [-0.15, -0.1) is 0 Å². The summed E-state index contributed by atoms with van der Waals surface area (Å²) in [4.78, 5) is 0. The lowest BCUT2D eigenvalue weighted by molar-refractivity contribution is -0.170. The molecule has 0 atom stereocenters. The molecule has 6 N–H and O–H groups in total.